The first-order valence-corrected chi connectivity index (χ1v) is 9.02. The van der Waals surface area contributed by atoms with Crippen LogP contribution in [0.3, 0.4) is 0 Å². The van der Waals surface area contributed by atoms with Crippen molar-refractivity contribution in [2.45, 2.75) is 32.5 Å². The van der Waals surface area contributed by atoms with E-state index in [-0.39, 0.29) is 23.5 Å². The lowest BCUT2D eigenvalue weighted by Crippen LogP contribution is -2.43. The third-order valence-corrected chi connectivity index (χ3v) is 4.48. The summed E-state index contributed by atoms with van der Waals surface area (Å²) in [5.41, 5.74) is -2.85. The topological polar surface area (TPSA) is 45.1 Å². The summed E-state index contributed by atoms with van der Waals surface area (Å²) < 4.78 is 47.7. The second-order valence-electron chi connectivity index (χ2n) is 6.46. The molecule has 1 unspecified atom stereocenters. The molecule has 0 fully saturated rings. The van der Waals surface area contributed by atoms with Gasteiger partial charge in [-0.1, -0.05) is 30.3 Å². The van der Waals surface area contributed by atoms with Gasteiger partial charge in [0.1, 0.15) is 5.75 Å². The van der Waals surface area contributed by atoms with Gasteiger partial charge in [-0.15, -0.1) is 0 Å². The SMILES string of the molecule is CCOc1cc(/N=C/N(C)CC)c(C)cc1C(O)(c1ccccc1)C(F)(F)F. The average molecular weight is 394 g/mol. The van der Waals surface area contributed by atoms with Crippen molar-refractivity contribution in [1.82, 2.24) is 4.90 Å². The fourth-order valence-electron chi connectivity index (χ4n) is 2.77. The van der Waals surface area contributed by atoms with Crippen molar-refractivity contribution in [2.24, 2.45) is 4.99 Å². The van der Waals surface area contributed by atoms with E-state index in [1.54, 1.807) is 26.3 Å². The molecule has 2 aromatic carbocycles. The van der Waals surface area contributed by atoms with Crippen LogP contribution in [0.4, 0.5) is 18.9 Å². The Hall–Kier alpha value is -2.54. The highest BCUT2D eigenvalue weighted by molar-refractivity contribution is 5.66. The number of alkyl halides is 3. The van der Waals surface area contributed by atoms with Crippen LogP contribution in [0, 0.1) is 6.92 Å². The molecule has 0 bridgehead atoms. The van der Waals surface area contributed by atoms with Gasteiger partial charge in [-0.2, -0.15) is 13.2 Å². The molecule has 7 heteroatoms. The third-order valence-electron chi connectivity index (χ3n) is 4.48. The van der Waals surface area contributed by atoms with Gasteiger partial charge in [-0.05, 0) is 38.0 Å². The zero-order valence-corrected chi connectivity index (χ0v) is 16.4. The maximum Gasteiger partial charge on any atom is 0.425 e. The summed E-state index contributed by atoms with van der Waals surface area (Å²) in [5, 5.41) is 10.9. The number of aliphatic hydroxyl groups is 1. The predicted molar refractivity (Wildman–Crippen MR) is 104 cm³/mol. The molecule has 0 heterocycles. The summed E-state index contributed by atoms with van der Waals surface area (Å²) in [7, 11) is 1.84. The van der Waals surface area contributed by atoms with Gasteiger partial charge in [0.15, 0.2) is 0 Å². The van der Waals surface area contributed by atoms with Crippen molar-refractivity contribution in [3.63, 3.8) is 0 Å². The smallest absolute Gasteiger partial charge is 0.425 e. The van der Waals surface area contributed by atoms with E-state index in [0.717, 1.165) is 6.54 Å². The molecule has 28 heavy (non-hydrogen) atoms. The molecule has 1 atom stereocenters. The summed E-state index contributed by atoms with van der Waals surface area (Å²) in [4.78, 5) is 6.17. The monoisotopic (exact) mass is 394 g/mol. The van der Waals surface area contributed by atoms with E-state index >= 15 is 0 Å². The standard InChI is InChI=1S/C21H25F3N2O2/c1-5-26(4)14-25-18-13-19(28-6-2)17(12-15(18)3)20(27,21(22,23)24)16-10-8-7-9-11-16/h7-14,27H,5-6H2,1-4H3/b25-14+. The Morgan fingerprint density at radius 2 is 1.79 bits per heavy atom. The Bertz CT molecular complexity index is 822. The number of benzene rings is 2. The van der Waals surface area contributed by atoms with Gasteiger partial charge in [-0.25, -0.2) is 4.99 Å². The Labute approximate surface area is 163 Å². The quantitative estimate of drug-likeness (QED) is 0.542. The van der Waals surface area contributed by atoms with Crippen molar-refractivity contribution in [3.8, 4) is 5.75 Å². The molecule has 2 rings (SSSR count). The van der Waals surface area contributed by atoms with Crippen LogP contribution in [-0.2, 0) is 5.60 Å². The minimum atomic E-state index is -4.94. The molecule has 0 aliphatic carbocycles. The van der Waals surface area contributed by atoms with Crippen molar-refractivity contribution >= 4 is 12.0 Å². The Balaban J connectivity index is 2.70. The average Bonchev–Trinajstić information content (AvgIpc) is 2.67. The molecule has 0 aliphatic rings. The molecule has 4 nitrogen and oxygen atoms in total. The summed E-state index contributed by atoms with van der Waals surface area (Å²) in [6.45, 7) is 6.17. The van der Waals surface area contributed by atoms with E-state index < -0.39 is 11.8 Å². The normalized spacial score (nSPS) is 14.1. The van der Waals surface area contributed by atoms with Crippen molar-refractivity contribution < 1.29 is 23.0 Å². The predicted octanol–water partition coefficient (Wildman–Crippen LogP) is 4.80. The van der Waals surface area contributed by atoms with Crippen LogP contribution in [-0.4, -0.2) is 42.7 Å². The zero-order chi connectivity index (χ0) is 20.9. The van der Waals surface area contributed by atoms with E-state index in [9.17, 15) is 18.3 Å². The summed E-state index contributed by atoms with van der Waals surface area (Å²) in [5.74, 6) is -0.0527. The lowest BCUT2D eigenvalue weighted by atomic mass is 9.84. The van der Waals surface area contributed by atoms with E-state index in [0.29, 0.717) is 11.3 Å². The van der Waals surface area contributed by atoms with Crippen LogP contribution >= 0.6 is 0 Å². The molecule has 0 saturated carbocycles. The summed E-state index contributed by atoms with van der Waals surface area (Å²) in [6.07, 6.45) is -3.34. The molecule has 152 valence electrons. The Morgan fingerprint density at radius 1 is 1.14 bits per heavy atom. The molecule has 0 aromatic heterocycles. The first-order chi connectivity index (χ1) is 13.1. The van der Waals surface area contributed by atoms with Crippen LogP contribution in [0.2, 0.25) is 0 Å². The molecule has 0 spiro atoms. The van der Waals surface area contributed by atoms with Crippen molar-refractivity contribution in [2.75, 3.05) is 20.2 Å². The van der Waals surface area contributed by atoms with Gasteiger partial charge in [0.25, 0.3) is 0 Å². The number of halogens is 3. The highest BCUT2D eigenvalue weighted by atomic mass is 19.4. The second-order valence-corrected chi connectivity index (χ2v) is 6.46. The number of aryl methyl sites for hydroxylation is 1. The molecule has 0 amide bonds. The summed E-state index contributed by atoms with van der Waals surface area (Å²) in [6, 6.07) is 9.74. The minimum absolute atomic E-state index is 0.0527. The van der Waals surface area contributed by atoms with Crippen LogP contribution in [0.5, 0.6) is 5.75 Å². The second kappa shape index (κ2) is 8.65. The summed E-state index contributed by atoms with van der Waals surface area (Å²) >= 11 is 0. The number of ether oxygens (including phenoxy) is 1. The molecule has 0 saturated heterocycles. The number of rotatable bonds is 7. The highest BCUT2D eigenvalue weighted by Crippen LogP contribution is 2.48. The Morgan fingerprint density at radius 3 is 2.32 bits per heavy atom. The van der Waals surface area contributed by atoms with Gasteiger partial charge in [0, 0.05) is 25.2 Å². The number of hydrogen-bond acceptors (Lipinski definition) is 3. The molecular formula is C21H25F3N2O2. The number of hydrogen-bond donors (Lipinski definition) is 1. The van der Waals surface area contributed by atoms with Crippen LogP contribution < -0.4 is 4.74 Å². The van der Waals surface area contributed by atoms with Crippen molar-refractivity contribution in [3.05, 3.63) is 59.2 Å². The van der Waals surface area contributed by atoms with E-state index in [1.807, 2.05) is 18.9 Å². The first-order valence-electron chi connectivity index (χ1n) is 9.02. The highest BCUT2D eigenvalue weighted by Gasteiger charge is 2.57. The van der Waals surface area contributed by atoms with Gasteiger partial charge in [0.05, 0.1) is 18.6 Å². The van der Waals surface area contributed by atoms with Gasteiger partial charge in [-0.3, -0.25) is 0 Å². The van der Waals surface area contributed by atoms with Crippen LogP contribution in [0.25, 0.3) is 0 Å². The van der Waals surface area contributed by atoms with E-state index in [2.05, 4.69) is 4.99 Å². The van der Waals surface area contributed by atoms with Crippen LogP contribution in [0.15, 0.2) is 47.5 Å². The first kappa shape index (κ1) is 21.8. The fraction of sp³-hybridized carbons (Fsp3) is 0.381. The molecule has 0 radical (unpaired) electrons. The molecular weight excluding hydrogens is 369 g/mol. The molecule has 2 aromatic rings. The lowest BCUT2D eigenvalue weighted by Gasteiger charge is -2.33. The largest absolute Gasteiger partial charge is 0.493 e. The molecule has 1 N–H and O–H groups in total. The zero-order valence-electron chi connectivity index (χ0n) is 16.4. The maximum atomic E-state index is 14.1. The third kappa shape index (κ3) is 4.30. The van der Waals surface area contributed by atoms with Gasteiger partial charge < -0.3 is 14.7 Å². The maximum absolute atomic E-state index is 14.1. The van der Waals surface area contributed by atoms with Crippen molar-refractivity contribution in [1.29, 1.82) is 0 Å². The van der Waals surface area contributed by atoms with E-state index in [4.69, 9.17) is 4.74 Å². The number of aliphatic imine (C=N–C) groups is 1. The minimum Gasteiger partial charge on any atom is -0.493 e. The fourth-order valence-corrected chi connectivity index (χ4v) is 2.77. The Kier molecular flexibility index (Phi) is 6.72. The number of nitrogens with zero attached hydrogens (tertiary/aromatic N) is 2. The lowest BCUT2D eigenvalue weighted by molar-refractivity contribution is -0.248. The van der Waals surface area contributed by atoms with E-state index in [1.165, 1.54) is 36.4 Å². The van der Waals surface area contributed by atoms with Gasteiger partial charge >= 0.3 is 6.18 Å². The van der Waals surface area contributed by atoms with Gasteiger partial charge in [0.2, 0.25) is 5.60 Å². The molecule has 0 aliphatic heterocycles. The van der Waals surface area contributed by atoms with Crippen LogP contribution in [0.1, 0.15) is 30.5 Å².